The first-order valence-corrected chi connectivity index (χ1v) is 12.1. The predicted octanol–water partition coefficient (Wildman–Crippen LogP) is 4.89. The van der Waals surface area contributed by atoms with E-state index in [1.807, 2.05) is 6.92 Å². The van der Waals surface area contributed by atoms with Crippen LogP contribution in [0.4, 0.5) is 0 Å². The maximum absolute atomic E-state index is 13.3. The van der Waals surface area contributed by atoms with Crippen molar-refractivity contribution in [1.82, 2.24) is 0 Å². The van der Waals surface area contributed by atoms with E-state index >= 15 is 0 Å². The van der Waals surface area contributed by atoms with Crippen LogP contribution in [0.1, 0.15) is 78.1 Å². The summed E-state index contributed by atoms with van der Waals surface area (Å²) in [5.74, 6) is -1.13. The molecule has 2 saturated carbocycles. The summed E-state index contributed by atoms with van der Waals surface area (Å²) in [7, 11) is 0. The zero-order chi connectivity index (χ0) is 25.1. The Labute approximate surface area is 201 Å². The summed E-state index contributed by atoms with van der Waals surface area (Å²) in [5.41, 5.74) is -0.700. The third-order valence-corrected chi connectivity index (χ3v) is 9.35. The second-order valence-electron chi connectivity index (χ2n) is 10.9. The number of carbonyl (C=O) groups excluding carboxylic acids is 3. The largest absolute Gasteiger partial charge is 0.472 e. The highest BCUT2D eigenvalue weighted by atomic mass is 16.6. The molecule has 2 aliphatic carbocycles. The maximum Gasteiger partial charge on any atom is 0.333 e. The van der Waals surface area contributed by atoms with Gasteiger partial charge in [-0.15, -0.1) is 0 Å². The zero-order valence-electron chi connectivity index (χ0n) is 21.2. The summed E-state index contributed by atoms with van der Waals surface area (Å²) >= 11 is 0. The van der Waals surface area contributed by atoms with Crippen molar-refractivity contribution >= 4 is 17.7 Å². The monoisotopic (exact) mass is 472 g/mol. The molecule has 8 atom stereocenters. The number of ketones is 1. The second kappa shape index (κ2) is 8.36. The minimum atomic E-state index is -0.714. The Bertz CT molecular complexity index is 1010. The summed E-state index contributed by atoms with van der Waals surface area (Å²) in [6, 6.07) is 1.68. The van der Waals surface area contributed by atoms with Gasteiger partial charge in [0, 0.05) is 30.3 Å². The van der Waals surface area contributed by atoms with Gasteiger partial charge in [-0.1, -0.05) is 26.8 Å². The van der Waals surface area contributed by atoms with E-state index in [2.05, 4.69) is 20.8 Å². The second-order valence-corrected chi connectivity index (χ2v) is 10.9. The third-order valence-electron chi connectivity index (χ3n) is 9.35. The van der Waals surface area contributed by atoms with Crippen molar-refractivity contribution in [2.75, 3.05) is 0 Å². The van der Waals surface area contributed by atoms with Crippen LogP contribution in [0.15, 0.2) is 34.7 Å². The molecule has 186 valence electrons. The quantitative estimate of drug-likeness (QED) is 0.252. The van der Waals surface area contributed by atoms with Gasteiger partial charge in [-0.05, 0) is 51.0 Å². The van der Waals surface area contributed by atoms with Crippen molar-refractivity contribution in [2.45, 2.75) is 91.6 Å². The standard InChI is InChI=1S/C27H36O7/c1-8-15(2)24(30)33-23-22(32-17(4)28)16(3)25(5,13-19(29)18-11-12-31-14-18)20-9-10-21-27(7,34-21)26(20,23)6/h8,11-12,14,16,20-23H,9-10,13H2,1-7H3. The van der Waals surface area contributed by atoms with Gasteiger partial charge in [-0.3, -0.25) is 9.59 Å². The molecule has 2 heterocycles. The molecule has 4 rings (SSSR count). The van der Waals surface area contributed by atoms with Gasteiger partial charge >= 0.3 is 11.9 Å². The van der Waals surface area contributed by atoms with E-state index in [4.69, 9.17) is 18.6 Å². The van der Waals surface area contributed by atoms with E-state index in [0.29, 0.717) is 11.1 Å². The Morgan fingerprint density at radius 2 is 1.85 bits per heavy atom. The Morgan fingerprint density at radius 3 is 2.44 bits per heavy atom. The SMILES string of the molecule is CC=C(C)C(=O)OC1C(OC(C)=O)C(C)C(C)(CC(=O)c2ccoc2)C2CCC3OC3(C)C12C. The number of epoxide rings is 1. The molecule has 7 nitrogen and oxygen atoms in total. The average molecular weight is 473 g/mol. The first kappa shape index (κ1) is 24.7. The van der Waals surface area contributed by atoms with Crippen LogP contribution in [0.3, 0.4) is 0 Å². The molecule has 3 fully saturated rings. The molecule has 0 spiro atoms. The predicted molar refractivity (Wildman–Crippen MR) is 124 cm³/mol. The fourth-order valence-corrected chi connectivity index (χ4v) is 6.85. The van der Waals surface area contributed by atoms with E-state index in [1.165, 1.54) is 19.5 Å². The molecule has 3 aliphatic rings. The van der Waals surface area contributed by atoms with E-state index in [-0.39, 0.29) is 30.1 Å². The molecule has 1 aliphatic heterocycles. The van der Waals surface area contributed by atoms with Crippen molar-refractivity contribution in [2.24, 2.45) is 22.7 Å². The number of esters is 2. The fourth-order valence-electron chi connectivity index (χ4n) is 6.85. The van der Waals surface area contributed by atoms with E-state index in [9.17, 15) is 14.4 Å². The van der Waals surface area contributed by atoms with Crippen molar-refractivity contribution < 1.29 is 33.0 Å². The molecule has 1 aromatic rings. The Hall–Kier alpha value is -2.41. The molecule has 1 aromatic heterocycles. The summed E-state index contributed by atoms with van der Waals surface area (Å²) in [6.07, 6.45) is 5.29. The van der Waals surface area contributed by atoms with Gasteiger partial charge in [0.2, 0.25) is 0 Å². The molecule has 8 unspecified atom stereocenters. The number of hydrogen-bond donors (Lipinski definition) is 0. The number of fused-ring (bicyclic) bond motifs is 3. The Kier molecular flexibility index (Phi) is 6.08. The highest BCUT2D eigenvalue weighted by Gasteiger charge is 2.78. The Balaban J connectivity index is 1.82. The van der Waals surface area contributed by atoms with Gasteiger partial charge in [0.05, 0.1) is 17.9 Å². The van der Waals surface area contributed by atoms with E-state index < -0.39 is 40.6 Å². The highest BCUT2D eigenvalue weighted by Crippen LogP contribution is 2.71. The van der Waals surface area contributed by atoms with Crippen LogP contribution < -0.4 is 0 Å². The summed E-state index contributed by atoms with van der Waals surface area (Å²) < 4.78 is 23.5. The zero-order valence-corrected chi connectivity index (χ0v) is 21.2. The minimum Gasteiger partial charge on any atom is -0.472 e. The van der Waals surface area contributed by atoms with Gasteiger partial charge in [-0.25, -0.2) is 4.79 Å². The molecule has 0 N–H and O–H groups in total. The third kappa shape index (κ3) is 3.55. The number of carbonyl (C=O) groups is 3. The van der Waals surface area contributed by atoms with Gasteiger partial charge in [0.15, 0.2) is 5.78 Å². The number of Topliss-reactive ketones (excluding diaryl/α,β-unsaturated/α-hetero) is 1. The van der Waals surface area contributed by atoms with E-state index in [1.54, 1.807) is 26.0 Å². The summed E-state index contributed by atoms with van der Waals surface area (Å²) in [6.45, 7) is 13.1. The average Bonchev–Trinajstić information content (AvgIpc) is 3.20. The normalized spacial score (nSPS) is 41.1. The molecule has 0 aromatic carbocycles. The molecule has 0 bridgehead atoms. The van der Waals surface area contributed by atoms with E-state index in [0.717, 1.165) is 12.8 Å². The van der Waals surface area contributed by atoms with Gasteiger partial charge in [0.25, 0.3) is 0 Å². The number of ether oxygens (including phenoxy) is 3. The maximum atomic E-state index is 13.3. The number of furan rings is 1. The van der Waals surface area contributed by atoms with Crippen LogP contribution in [-0.4, -0.2) is 41.6 Å². The minimum absolute atomic E-state index is 0.00474. The highest BCUT2D eigenvalue weighted by molar-refractivity contribution is 5.96. The summed E-state index contributed by atoms with van der Waals surface area (Å²) in [5, 5.41) is 0. The molecule has 34 heavy (non-hydrogen) atoms. The molecular formula is C27H36O7. The Morgan fingerprint density at radius 1 is 1.15 bits per heavy atom. The number of allylic oxidation sites excluding steroid dienone is 1. The lowest BCUT2D eigenvalue weighted by Gasteiger charge is -2.63. The number of rotatable bonds is 6. The van der Waals surface area contributed by atoms with Crippen molar-refractivity contribution in [3.63, 3.8) is 0 Å². The van der Waals surface area contributed by atoms with Gasteiger partial charge in [-0.2, -0.15) is 0 Å². The molecule has 1 saturated heterocycles. The molecular weight excluding hydrogens is 436 g/mol. The lowest BCUT2D eigenvalue weighted by molar-refractivity contribution is -0.242. The lowest BCUT2D eigenvalue weighted by atomic mass is 9.43. The first-order valence-electron chi connectivity index (χ1n) is 12.1. The molecule has 7 heteroatoms. The molecule has 0 amide bonds. The van der Waals surface area contributed by atoms with Crippen molar-refractivity contribution in [3.8, 4) is 0 Å². The lowest BCUT2D eigenvalue weighted by Crippen LogP contribution is -2.69. The van der Waals surface area contributed by atoms with Crippen LogP contribution in [-0.2, 0) is 23.8 Å². The van der Waals surface area contributed by atoms with Crippen molar-refractivity contribution in [1.29, 1.82) is 0 Å². The van der Waals surface area contributed by atoms with Gasteiger partial charge in [0.1, 0.15) is 24.1 Å². The summed E-state index contributed by atoms with van der Waals surface area (Å²) in [4.78, 5) is 38.5. The smallest absolute Gasteiger partial charge is 0.333 e. The van der Waals surface area contributed by atoms with Crippen LogP contribution in [0, 0.1) is 22.7 Å². The fraction of sp³-hybridized carbons (Fsp3) is 0.667. The topological polar surface area (TPSA) is 95.3 Å². The van der Waals surface area contributed by atoms with Gasteiger partial charge < -0.3 is 18.6 Å². The van der Waals surface area contributed by atoms with Crippen molar-refractivity contribution in [3.05, 3.63) is 35.8 Å². The van der Waals surface area contributed by atoms with Crippen LogP contribution in [0.2, 0.25) is 0 Å². The first-order chi connectivity index (χ1) is 15.9. The van der Waals surface area contributed by atoms with Crippen LogP contribution >= 0.6 is 0 Å². The van der Waals surface area contributed by atoms with Crippen LogP contribution in [0.25, 0.3) is 0 Å². The van der Waals surface area contributed by atoms with Crippen LogP contribution in [0.5, 0.6) is 0 Å². The molecule has 0 radical (unpaired) electrons. The number of hydrogen-bond acceptors (Lipinski definition) is 7.